The molecule has 148 valence electrons. The van der Waals surface area contributed by atoms with Gasteiger partial charge in [-0.2, -0.15) is 13.2 Å². The monoisotopic (exact) mass is 419 g/mol. The predicted octanol–water partition coefficient (Wildman–Crippen LogP) is 4.73. The third kappa shape index (κ3) is 3.21. The molecule has 1 aromatic carbocycles. The van der Waals surface area contributed by atoms with Gasteiger partial charge in [-0.25, -0.2) is 4.98 Å². The van der Waals surface area contributed by atoms with Crippen molar-refractivity contribution in [2.24, 2.45) is 0 Å². The van der Waals surface area contributed by atoms with Crippen LogP contribution in [0.15, 0.2) is 57.9 Å². The van der Waals surface area contributed by atoms with Crippen molar-refractivity contribution in [3.8, 4) is 22.9 Å². The van der Waals surface area contributed by atoms with Gasteiger partial charge < -0.3 is 9.15 Å². The van der Waals surface area contributed by atoms with Crippen LogP contribution in [-0.2, 0) is 6.18 Å². The second kappa shape index (κ2) is 6.89. The molecule has 4 rings (SSSR count). The van der Waals surface area contributed by atoms with Crippen molar-refractivity contribution < 1.29 is 22.3 Å². The summed E-state index contributed by atoms with van der Waals surface area (Å²) in [7, 11) is 1.42. The fraction of sp³-hybridized carbons (Fsp3) is 0.105. The number of rotatable bonds is 3. The number of methoxy groups -OCH3 is 1. The second-order valence-electron chi connectivity index (χ2n) is 6.00. The molecule has 0 atom stereocenters. The Balaban J connectivity index is 2.22. The van der Waals surface area contributed by atoms with Crippen LogP contribution in [0.4, 0.5) is 13.2 Å². The molecule has 0 aliphatic carbocycles. The first-order chi connectivity index (χ1) is 13.8. The van der Waals surface area contributed by atoms with Crippen LogP contribution in [0.3, 0.4) is 0 Å². The minimum absolute atomic E-state index is 0.0847. The van der Waals surface area contributed by atoms with E-state index >= 15 is 0 Å². The second-order valence-corrected chi connectivity index (χ2v) is 6.38. The molecule has 3 heterocycles. The lowest BCUT2D eigenvalue weighted by atomic mass is 10.1. The minimum Gasteiger partial charge on any atom is -0.495 e. The zero-order valence-electron chi connectivity index (χ0n) is 14.8. The zero-order valence-corrected chi connectivity index (χ0v) is 15.6. The fourth-order valence-corrected chi connectivity index (χ4v) is 3.32. The molecule has 0 unspecified atom stereocenters. The van der Waals surface area contributed by atoms with Crippen molar-refractivity contribution in [2.75, 3.05) is 7.11 Å². The molecular weight excluding hydrogens is 407 g/mol. The van der Waals surface area contributed by atoms with Crippen molar-refractivity contribution in [1.82, 2.24) is 14.5 Å². The number of aromatic nitrogens is 3. The molecule has 0 bridgehead atoms. The van der Waals surface area contributed by atoms with Crippen molar-refractivity contribution in [1.29, 1.82) is 0 Å². The third-order valence-corrected chi connectivity index (χ3v) is 4.55. The lowest BCUT2D eigenvalue weighted by Crippen LogP contribution is -2.20. The van der Waals surface area contributed by atoms with Gasteiger partial charge in [0.15, 0.2) is 16.2 Å². The molecule has 0 saturated carbocycles. The Bertz CT molecular complexity index is 1320. The lowest BCUT2D eigenvalue weighted by molar-refractivity contribution is -0.136. The van der Waals surface area contributed by atoms with Gasteiger partial charge in [0, 0.05) is 0 Å². The highest BCUT2D eigenvalue weighted by atomic mass is 32.1. The smallest absolute Gasteiger partial charge is 0.417 e. The van der Waals surface area contributed by atoms with Gasteiger partial charge in [-0.1, -0.05) is 12.1 Å². The number of fused-ring (bicyclic) bond motifs is 1. The molecule has 6 nitrogen and oxygen atoms in total. The molecule has 0 spiro atoms. The highest BCUT2D eigenvalue weighted by Gasteiger charge is 2.36. The standard InChI is InChI=1S/C19H12F3N3O3S/c1-27-14-6-3-2-5-12(14)25-16-15(17(26)24-18(25)29)10(19(20,21)22)9-11(23-16)13-7-4-8-28-13/h2-9H,1H3,(H,24,26,29). The number of benzene rings is 1. The number of nitrogens with one attached hydrogen (secondary N) is 1. The van der Waals surface area contributed by atoms with E-state index in [1.54, 1.807) is 24.3 Å². The van der Waals surface area contributed by atoms with E-state index in [4.69, 9.17) is 21.4 Å². The SMILES string of the molecule is COc1ccccc1-n1c(=S)[nH]c(=O)c2c(C(F)(F)F)cc(-c3ccco3)nc21. The Labute approximate surface area is 166 Å². The van der Waals surface area contributed by atoms with Gasteiger partial charge in [0.25, 0.3) is 5.56 Å². The number of furan rings is 1. The van der Waals surface area contributed by atoms with E-state index in [1.165, 1.54) is 30.1 Å². The normalized spacial score (nSPS) is 11.7. The summed E-state index contributed by atoms with van der Waals surface area (Å²) in [6.45, 7) is 0. The van der Waals surface area contributed by atoms with E-state index in [-0.39, 0.29) is 21.9 Å². The molecule has 0 radical (unpaired) electrons. The van der Waals surface area contributed by atoms with Crippen LogP contribution in [0, 0.1) is 4.77 Å². The number of aromatic amines is 1. The van der Waals surface area contributed by atoms with Gasteiger partial charge >= 0.3 is 6.18 Å². The quantitative estimate of drug-likeness (QED) is 0.486. The maximum absolute atomic E-state index is 13.8. The van der Waals surface area contributed by atoms with E-state index in [9.17, 15) is 18.0 Å². The van der Waals surface area contributed by atoms with E-state index in [0.717, 1.165) is 6.07 Å². The van der Waals surface area contributed by atoms with Crippen LogP contribution in [0.1, 0.15) is 5.56 Å². The number of nitrogens with zero attached hydrogens (tertiary/aromatic N) is 2. The summed E-state index contributed by atoms with van der Waals surface area (Å²) in [6, 6.07) is 10.4. The summed E-state index contributed by atoms with van der Waals surface area (Å²) in [6.07, 6.45) is -3.49. The highest BCUT2D eigenvalue weighted by molar-refractivity contribution is 7.71. The molecule has 0 saturated heterocycles. The van der Waals surface area contributed by atoms with Crippen LogP contribution in [0.2, 0.25) is 0 Å². The molecule has 3 aromatic heterocycles. The summed E-state index contributed by atoms with van der Waals surface area (Å²) in [5, 5.41) is -0.632. The van der Waals surface area contributed by atoms with Gasteiger partial charge in [0.05, 0.1) is 30.0 Å². The maximum Gasteiger partial charge on any atom is 0.417 e. The van der Waals surface area contributed by atoms with Gasteiger partial charge in [0.2, 0.25) is 0 Å². The molecule has 10 heteroatoms. The first-order valence-electron chi connectivity index (χ1n) is 8.26. The molecule has 29 heavy (non-hydrogen) atoms. The highest BCUT2D eigenvalue weighted by Crippen LogP contribution is 2.36. The van der Waals surface area contributed by atoms with E-state index in [2.05, 4.69) is 9.97 Å². The summed E-state index contributed by atoms with van der Waals surface area (Å²) >= 11 is 5.24. The number of halogens is 3. The Kier molecular flexibility index (Phi) is 4.50. The van der Waals surface area contributed by atoms with Gasteiger partial charge in [-0.05, 0) is 42.5 Å². The number of pyridine rings is 1. The number of alkyl halides is 3. The van der Waals surface area contributed by atoms with Crippen LogP contribution in [-0.4, -0.2) is 21.6 Å². The number of ether oxygens (including phenoxy) is 1. The summed E-state index contributed by atoms with van der Waals surface area (Å²) in [5.41, 5.74) is -2.14. The summed E-state index contributed by atoms with van der Waals surface area (Å²) in [5.74, 6) is 0.464. The first-order valence-corrected chi connectivity index (χ1v) is 8.66. The van der Waals surface area contributed by atoms with E-state index < -0.39 is 22.7 Å². The van der Waals surface area contributed by atoms with E-state index in [0.29, 0.717) is 11.4 Å². The van der Waals surface area contributed by atoms with Gasteiger partial charge in [0.1, 0.15) is 11.4 Å². The van der Waals surface area contributed by atoms with Crippen LogP contribution in [0.25, 0.3) is 28.2 Å². The van der Waals surface area contributed by atoms with Gasteiger partial charge in [-0.3, -0.25) is 14.3 Å². The van der Waals surface area contributed by atoms with Crippen molar-refractivity contribution in [3.63, 3.8) is 0 Å². The molecule has 0 amide bonds. The van der Waals surface area contributed by atoms with Crippen molar-refractivity contribution in [2.45, 2.75) is 6.18 Å². The Morgan fingerprint density at radius 2 is 1.97 bits per heavy atom. The average Bonchev–Trinajstić information content (AvgIpc) is 3.21. The number of hydrogen-bond acceptors (Lipinski definition) is 5. The number of para-hydroxylation sites is 2. The molecule has 0 aliphatic rings. The topological polar surface area (TPSA) is 73.0 Å². The summed E-state index contributed by atoms with van der Waals surface area (Å²) < 4.78 is 53.1. The first kappa shape index (κ1) is 18.9. The van der Waals surface area contributed by atoms with Crippen LogP contribution in [0.5, 0.6) is 5.75 Å². The average molecular weight is 419 g/mol. The van der Waals surface area contributed by atoms with Crippen LogP contribution < -0.4 is 10.3 Å². The molecular formula is C19H12F3N3O3S. The lowest BCUT2D eigenvalue weighted by Gasteiger charge is -2.17. The van der Waals surface area contributed by atoms with Crippen molar-refractivity contribution >= 4 is 23.3 Å². The molecule has 1 N–H and O–H groups in total. The minimum atomic E-state index is -4.81. The number of H-pyrrole nitrogens is 1. The van der Waals surface area contributed by atoms with Crippen LogP contribution >= 0.6 is 12.2 Å². The summed E-state index contributed by atoms with van der Waals surface area (Å²) in [4.78, 5) is 19.1. The zero-order chi connectivity index (χ0) is 20.8. The van der Waals surface area contributed by atoms with E-state index in [1.807, 2.05) is 0 Å². The third-order valence-electron chi connectivity index (χ3n) is 4.27. The predicted molar refractivity (Wildman–Crippen MR) is 102 cm³/mol. The van der Waals surface area contributed by atoms with Gasteiger partial charge in [-0.15, -0.1) is 0 Å². The maximum atomic E-state index is 13.8. The molecule has 4 aromatic rings. The fourth-order valence-electron chi connectivity index (χ4n) is 3.04. The molecule has 0 aliphatic heterocycles. The molecule has 0 fully saturated rings. The number of hydrogen-bond donors (Lipinski definition) is 1. The van der Waals surface area contributed by atoms with Crippen molar-refractivity contribution in [3.05, 3.63) is 69.4 Å². The Morgan fingerprint density at radius 1 is 1.21 bits per heavy atom. The Hall–Kier alpha value is -3.40. The largest absolute Gasteiger partial charge is 0.495 e. The Morgan fingerprint density at radius 3 is 2.62 bits per heavy atom.